The summed E-state index contributed by atoms with van der Waals surface area (Å²) in [7, 11) is 0. The molecule has 0 atom stereocenters. The molecule has 0 saturated heterocycles. The summed E-state index contributed by atoms with van der Waals surface area (Å²) in [5.41, 5.74) is 2.07. The number of nitrogens with one attached hydrogen (secondary N) is 1. The highest BCUT2D eigenvalue weighted by molar-refractivity contribution is 7.99. The average molecular weight is 265 g/mol. The lowest BCUT2D eigenvalue weighted by Gasteiger charge is -2.02. The maximum absolute atomic E-state index is 10.8. The molecule has 0 aromatic heterocycles. The molecule has 1 aromatic carbocycles. The molecule has 0 bridgehead atoms. The van der Waals surface area contributed by atoms with Crippen LogP contribution in [0.25, 0.3) is 0 Å². The smallest absolute Gasteiger partial charge is 0.234 e. The van der Waals surface area contributed by atoms with Crippen molar-refractivity contribution < 1.29 is 4.79 Å². The molecular weight excluding hydrogens is 255 g/mol. The first-order chi connectivity index (χ1) is 7.13. The third kappa shape index (κ3) is 4.30. The Morgan fingerprint density at radius 3 is 2.73 bits per heavy atom. The molecule has 3 nitrogen and oxygen atoms in total. The molecule has 0 aliphatic heterocycles. The van der Waals surface area contributed by atoms with Crippen molar-refractivity contribution in [2.45, 2.75) is 11.3 Å². The molecule has 82 valence electrons. The molecule has 15 heavy (non-hydrogen) atoms. The van der Waals surface area contributed by atoms with Gasteiger partial charge in [-0.1, -0.05) is 23.2 Å². The molecule has 0 radical (unpaired) electrons. The van der Waals surface area contributed by atoms with E-state index in [1.165, 1.54) is 11.8 Å². The van der Waals surface area contributed by atoms with E-state index in [0.29, 0.717) is 22.2 Å². The second-order valence-electron chi connectivity index (χ2n) is 2.74. The van der Waals surface area contributed by atoms with Gasteiger partial charge < -0.3 is 0 Å². The molecule has 0 aliphatic carbocycles. The Morgan fingerprint density at radius 2 is 2.13 bits per heavy atom. The number of amides is 1. The van der Waals surface area contributed by atoms with Crippen molar-refractivity contribution >= 4 is 40.9 Å². The van der Waals surface area contributed by atoms with Gasteiger partial charge in [-0.2, -0.15) is 0 Å². The van der Waals surface area contributed by atoms with Crippen molar-refractivity contribution in [1.82, 2.24) is 5.43 Å². The zero-order chi connectivity index (χ0) is 11.3. The van der Waals surface area contributed by atoms with Gasteiger partial charge in [-0.25, -0.2) is 5.84 Å². The number of hydrazine groups is 1. The van der Waals surface area contributed by atoms with E-state index in [0.717, 1.165) is 4.90 Å². The summed E-state index contributed by atoms with van der Waals surface area (Å²) < 4.78 is 0. The number of benzene rings is 1. The van der Waals surface area contributed by atoms with Crippen molar-refractivity contribution in [2.75, 3.05) is 5.75 Å². The summed E-state index contributed by atoms with van der Waals surface area (Å²) in [6.45, 7) is 0. The van der Waals surface area contributed by atoms with E-state index in [-0.39, 0.29) is 5.91 Å². The van der Waals surface area contributed by atoms with E-state index in [4.69, 9.17) is 29.0 Å². The van der Waals surface area contributed by atoms with Gasteiger partial charge in [0.25, 0.3) is 0 Å². The standard InChI is InChI=1S/C9H10Cl2N2OS/c10-7-2-1-6(5-8(7)11)15-4-3-9(14)13-12/h1-2,5H,3-4,12H2,(H,13,14). The number of nitrogens with two attached hydrogens (primary N) is 1. The molecule has 0 aliphatic rings. The molecule has 1 amide bonds. The zero-order valence-electron chi connectivity index (χ0n) is 7.80. The Hall–Kier alpha value is -0.420. The largest absolute Gasteiger partial charge is 0.294 e. The molecule has 0 saturated carbocycles. The van der Waals surface area contributed by atoms with E-state index in [2.05, 4.69) is 5.43 Å². The van der Waals surface area contributed by atoms with Crippen molar-refractivity contribution in [2.24, 2.45) is 5.84 Å². The summed E-state index contributed by atoms with van der Waals surface area (Å²) in [6, 6.07) is 5.36. The van der Waals surface area contributed by atoms with Crippen LogP contribution in [0.1, 0.15) is 6.42 Å². The van der Waals surface area contributed by atoms with Crippen LogP contribution in [0.15, 0.2) is 23.1 Å². The van der Waals surface area contributed by atoms with Crippen LogP contribution in [0, 0.1) is 0 Å². The number of rotatable bonds is 4. The van der Waals surface area contributed by atoms with E-state index in [1.54, 1.807) is 12.1 Å². The number of thioether (sulfide) groups is 1. The molecular formula is C9H10Cl2N2OS. The summed E-state index contributed by atoms with van der Waals surface area (Å²) in [5.74, 6) is 5.42. The molecule has 0 heterocycles. The van der Waals surface area contributed by atoms with Crippen LogP contribution in [0.2, 0.25) is 10.0 Å². The molecule has 0 fully saturated rings. The lowest BCUT2D eigenvalue weighted by Crippen LogP contribution is -2.30. The minimum atomic E-state index is -0.178. The number of carbonyl (C=O) groups excluding carboxylic acids is 1. The molecule has 1 rings (SSSR count). The quantitative estimate of drug-likeness (QED) is 0.380. The Morgan fingerprint density at radius 1 is 1.40 bits per heavy atom. The third-order valence-corrected chi connectivity index (χ3v) is 3.38. The minimum absolute atomic E-state index is 0.178. The summed E-state index contributed by atoms with van der Waals surface area (Å²) >= 11 is 13.1. The topological polar surface area (TPSA) is 55.1 Å². The lowest BCUT2D eigenvalue weighted by molar-refractivity contribution is -0.120. The summed E-state index contributed by atoms with van der Waals surface area (Å²) in [6.07, 6.45) is 0.376. The highest BCUT2D eigenvalue weighted by atomic mass is 35.5. The maximum atomic E-state index is 10.8. The molecule has 6 heteroatoms. The van der Waals surface area contributed by atoms with Gasteiger partial charge in [0, 0.05) is 17.1 Å². The van der Waals surface area contributed by atoms with Crippen LogP contribution in [0.4, 0.5) is 0 Å². The highest BCUT2D eigenvalue weighted by Crippen LogP contribution is 2.28. The van der Waals surface area contributed by atoms with Crippen LogP contribution >= 0.6 is 35.0 Å². The second-order valence-corrected chi connectivity index (χ2v) is 4.72. The van der Waals surface area contributed by atoms with E-state index in [9.17, 15) is 4.79 Å². The van der Waals surface area contributed by atoms with Crippen molar-refractivity contribution in [1.29, 1.82) is 0 Å². The first-order valence-corrected chi connectivity index (χ1v) is 5.95. The average Bonchev–Trinajstić information content (AvgIpc) is 2.23. The van der Waals surface area contributed by atoms with Gasteiger partial charge in [0.2, 0.25) is 5.91 Å². The predicted molar refractivity (Wildman–Crippen MR) is 64.1 cm³/mol. The van der Waals surface area contributed by atoms with Gasteiger partial charge in [0.1, 0.15) is 0 Å². The Balaban J connectivity index is 2.44. The number of hydrogen-bond acceptors (Lipinski definition) is 3. The molecule has 1 aromatic rings. The minimum Gasteiger partial charge on any atom is -0.294 e. The number of halogens is 2. The van der Waals surface area contributed by atoms with Gasteiger partial charge >= 0.3 is 0 Å². The van der Waals surface area contributed by atoms with E-state index >= 15 is 0 Å². The third-order valence-electron chi connectivity index (χ3n) is 1.65. The normalized spacial score (nSPS) is 10.1. The molecule has 3 N–H and O–H groups in total. The number of carbonyl (C=O) groups is 1. The fourth-order valence-corrected chi connectivity index (χ4v) is 2.15. The van der Waals surface area contributed by atoms with Gasteiger partial charge in [-0.3, -0.25) is 10.2 Å². The lowest BCUT2D eigenvalue weighted by atomic mass is 10.4. The first kappa shape index (κ1) is 12.6. The fraction of sp³-hybridized carbons (Fsp3) is 0.222. The van der Waals surface area contributed by atoms with Crippen LogP contribution < -0.4 is 11.3 Å². The van der Waals surface area contributed by atoms with Gasteiger partial charge in [-0.15, -0.1) is 11.8 Å². The van der Waals surface area contributed by atoms with Crippen LogP contribution in [-0.2, 0) is 4.79 Å². The second kappa shape index (κ2) is 6.23. The number of hydrogen-bond donors (Lipinski definition) is 2. The van der Waals surface area contributed by atoms with Crippen molar-refractivity contribution in [3.63, 3.8) is 0 Å². The van der Waals surface area contributed by atoms with Gasteiger partial charge in [0.15, 0.2) is 0 Å². The molecule has 0 spiro atoms. The van der Waals surface area contributed by atoms with E-state index < -0.39 is 0 Å². The first-order valence-electron chi connectivity index (χ1n) is 4.21. The zero-order valence-corrected chi connectivity index (χ0v) is 10.1. The van der Waals surface area contributed by atoms with Gasteiger partial charge in [0.05, 0.1) is 10.0 Å². The monoisotopic (exact) mass is 264 g/mol. The fourth-order valence-electron chi connectivity index (χ4n) is 0.900. The Bertz CT molecular complexity index is 360. The van der Waals surface area contributed by atoms with Crippen LogP contribution in [-0.4, -0.2) is 11.7 Å². The van der Waals surface area contributed by atoms with E-state index in [1.807, 2.05) is 6.07 Å². The van der Waals surface area contributed by atoms with Crippen LogP contribution in [0.5, 0.6) is 0 Å². The van der Waals surface area contributed by atoms with Crippen LogP contribution in [0.3, 0.4) is 0 Å². The Kier molecular flexibility index (Phi) is 5.25. The van der Waals surface area contributed by atoms with Crippen molar-refractivity contribution in [3.05, 3.63) is 28.2 Å². The van der Waals surface area contributed by atoms with Gasteiger partial charge in [-0.05, 0) is 18.2 Å². The predicted octanol–water partition coefficient (Wildman–Crippen LogP) is 2.47. The molecule has 0 unspecified atom stereocenters. The Labute approximate surface area is 102 Å². The summed E-state index contributed by atoms with van der Waals surface area (Å²) in [5, 5.41) is 1.05. The van der Waals surface area contributed by atoms with Crippen molar-refractivity contribution in [3.8, 4) is 0 Å². The summed E-state index contributed by atoms with van der Waals surface area (Å²) in [4.78, 5) is 11.8. The maximum Gasteiger partial charge on any atom is 0.234 e. The SMILES string of the molecule is NNC(=O)CCSc1ccc(Cl)c(Cl)c1. The highest BCUT2D eigenvalue weighted by Gasteiger charge is 2.02.